The van der Waals surface area contributed by atoms with Crippen molar-refractivity contribution in [1.29, 1.82) is 5.26 Å². The fraction of sp³-hybridized carbons (Fsp3) is 0.269. The summed E-state index contributed by atoms with van der Waals surface area (Å²) in [5.74, 6) is -0.511. The second-order valence-corrected chi connectivity index (χ2v) is 10.2. The van der Waals surface area contributed by atoms with E-state index in [1.165, 1.54) is 13.1 Å². The van der Waals surface area contributed by atoms with Crippen molar-refractivity contribution in [1.82, 2.24) is 19.4 Å². The highest BCUT2D eigenvalue weighted by Crippen LogP contribution is 2.29. The molecule has 1 aliphatic rings. The summed E-state index contributed by atoms with van der Waals surface area (Å²) >= 11 is 0. The molecule has 1 N–H and O–H groups in total. The molecular formula is C26H27N5O3S. The molecule has 2 heterocycles. The van der Waals surface area contributed by atoms with E-state index in [1.807, 2.05) is 36.4 Å². The van der Waals surface area contributed by atoms with E-state index in [0.29, 0.717) is 29.9 Å². The zero-order valence-electron chi connectivity index (χ0n) is 19.5. The topological polar surface area (TPSA) is 108 Å². The fourth-order valence-corrected chi connectivity index (χ4v) is 5.67. The quantitative estimate of drug-likeness (QED) is 0.419. The molecule has 180 valence electrons. The average molecular weight is 490 g/mol. The van der Waals surface area contributed by atoms with Gasteiger partial charge in [0.15, 0.2) is 0 Å². The molecule has 35 heavy (non-hydrogen) atoms. The maximum Gasteiger partial charge on any atom is 0.261 e. The Morgan fingerprint density at radius 1 is 1.06 bits per heavy atom. The number of hydrogen-bond donors (Lipinski definition) is 1. The summed E-state index contributed by atoms with van der Waals surface area (Å²) in [6.45, 7) is 1.03. The highest BCUT2D eigenvalue weighted by molar-refractivity contribution is 7.89. The number of para-hydroxylation sites is 1. The molecule has 0 aliphatic carbocycles. The molecule has 0 atom stereocenters. The minimum absolute atomic E-state index is 0.0743. The van der Waals surface area contributed by atoms with Crippen LogP contribution in [0.4, 0.5) is 0 Å². The highest BCUT2D eigenvalue weighted by atomic mass is 32.2. The van der Waals surface area contributed by atoms with E-state index in [4.69, 9.17) is 5.10 Å². The normalized spacial score (nSPS) is 15.3. The van der Waals surface area contributed by atoms with Crippen molar-refractivity contribution < 1.29 is 13.2 Å². The molecule has 3 aromatic rings. The van der Waals surface area contributed by atoms with Crippen molar-refractivity contribution in [3.05, 3.63) is 71.9 Å². The Balaban J connectivity index is 1.82. The van der Waals surface area contributed by atoms with Gasteiger partial charge in [0, 0.05) is 37.5 Å². The highest BCUT2D eigenvalue weighted by Gasteiger charge is 2.26. The van der Waals surface area contributed by atoms with Gasteiger partial charge in [-0.05, 0) is 43.2 Å². The summed E-state index contributed by atoms with van der Waals surface area (Å²) in [6.07, 6.45) is 6.96. The molecule has 1 aliphatic heterocycles. The van der Waals surface area contributed by atoms with E-state index in [0.717, 1.165) is 31.4 Å². The van der Waals surface area contributed by atoms with E-state index in [9.17, 15) is 18.5 Å². The Morgan fingerprint density at radius 3 is 2.43 bits per heavy atom. The van der Waals surface area contributed by atoms with Crippen LogP contribution in [0.1, 0.15) is 31.2 Å². The van der Waals surface area contributed by atoms with Gasteiger partial charge in [-0.2, -0.15) is 14.7 Å². The first-order chi connectivity index (χ1) is 16.9. The van der Waals surface area contributed by atoms with Gasteiger partial charge in [0.1, 0.15) is 17.3 Å². The molecule has 1 fully saturated rings. The number of rotatable bonds is 6. The Kier molecular flexibility index (Phi) is 7.44. The molecule has 4 rings (SSSR count). The number of sulfonamides is 1. The van der Waals surface area contributed by atoms with E-state index < -0.39 is 15.9 Å². The van der Waals surface area contributed by atoms with Crippen molar-refractivity contribution in [3.63, 3.8) is 0 Å². The third-order valence-electron chi connectivity index (χ3n) is 5.97. The minimum atomic E-state index is -3.65. The van der Waals surface area contributed by atoms with Gasteiger partial charge >= 0.3 is 0 Å². The molecule has 9 heteroatoms. The van der Waals surface area contributed by atoms with Gasteiger partial charge in [-0.25, -0.2) is 13.1 Å². The lowest BCUT2D eigenvalue weighted by Gasteiger charge is -2.20. The summed E-state index contributed by atoms with van der Waals surface area (Å²) in [7, 11) is -2.19. The summed E-state index contributed by atoms with van der Waals surface area (Å²) in [5, 5.41) is 16.7. The lowest BCUT2D eigenvalue weighted by Crippen LogP contribution is -2.31. The predicted octanol–water partition coefficient (Wildman–Crippen LogP) is 3.76. The van der Waals surface area contributed by atoms with Gasteiger partial charge in [-0.15, -0.1) is 0 Å². The standard InChI is InChI=1S/C26H27N5O3S/c1-28-26(32)21(18-27)16-22-19-31(23-11-5-4-6-12-23)29-25(22)20-10-9-13-24(17-20)35(33,34)30-14-7-2-3-8-15-30/h4-6,9-13,16-17,19H,2-3,7-8,14-15H2,1H3,(H,28,32)/b21-16-. The monoisotopic (exact) mass is 489 g/mol. The van der Waals surface area contributed by atoms with Gasteiger partial charge in [0.2, 0.25) is 10.0 Å². The van der Waals surface area contributed by atoms with Gasteiger partial charge in [-0.1, -0.05) is 43.2 Å². The Labute approximate surface area is 205 Å². The van der Waals surface area contributed by atoms with Crippen LogP contribution >= 0.6 is 0 Å². The first-order valence-electron chi connectivity index (χ1n) is 11.5. The number of nitrogens with zero attached hydrogens (tertiary/aromatic N) is 4. The van der Waals surface area contributed by atoms with Crippen LogP contribution in [0.5, 0.6) is 0 Å². The van der Waals surface area contributed by atoms with Crippen LogP contribution in [0.15, 0.2) is 71.3 Å². The summed E-state index contributed by atoms with van der Waals surface area (Å²) in [6, 6.07) is 18.0. The van der Waals surface area contributed by atoms with Gasteiger partial charge in [0.25, 0.3) is 5.91 Å². The number of amides is 1. The summed E-state index contributed by atoms with van der Waals surface area (Å²) in [4.78, 5) is 12.3. The van der Waals surface area contributed by atoms with Gasteiger partial charge in [0.05, 0.1) is 10.6 Å². The second-order valence-electron chi connectivity index (χ2n) is 8.31. The van der Waals surface area contributed by atoms with Crippen LogP contribution in [0.2, 0.25) is 0 Å². The number of carbonyl (C=O) groups is 1. The molecule has 0 bridgehead atoms. The van der Waals surface area contributed by atoms with Crippen LogP contribution in [0.3, 0.4) is 0 Å². The zero-order chi connectivity index (χ0) is 24.8. The number of nitrogens with one attached hydrogen (secondary N) is 1. The molecule has 0 saturated carbocycles. The molecule has 1 aromatic heterocycles. The first kappa shape index (κ1) is 24.4. The number of aromatic nitrogens is 2. The van der Waals surface area contributed by atoms with Crippen LogP contribution in [0.25, 0.3) is 23.0 Å². The zero-order valence-corrected chi connectivity index (χ0v) is 20.3. The van der Waals surface area contributed by atoms with E-state index >= 15 is 0 Å². The van der Waals surface area contributed by atoms with Crippen molar-refractivity contribution in [2.75, 3.05) is 20.1 Å². The number of nitriles is 1. The number of hydrogen-bond acceptors (Lipinski definition) is 5. The van der Waals surface area contributed by atoms with E-state index in [1.54, 1.807) is 39.4 Å². The lowest BCUT2D eigenvalue weighted by molar-refractivity contribution is -0.116. The molecule has 1 saturated heterocycles. The van der Waals surface area contributed by atoms with Gasteiger partial charge in [-0.3, -0.25) is 4.79 Å². The fourth-order valence-electron chi connectivity index (χ4n) is 4.10. The van der Waals surface area contributed by atoms with Crippen LogP contribution < -0.4 is 5.32 Å². The van der Waals surface area contributed by atoms with Crippen molar-refractivity contribution in [3.8, 4) is 23.0 Å². The maximum atomic E-state index is 13.4. The average Bonchev–Trinajstić information content (AvgIpc) is 3.11. The molecule has 0 radical (unpaired) electrons. The number of benzene rings is 2. The summed E-state index contributed by atoms with van der Waals surface area (Å²) < 4.78 is 30.0. The maximum absolute atomic E-state index is 13.4. The van der Waals surface area contributed by atoms with Crippen LogP contribution in [-0.2, 0) is 14.8 Å². The third-order valence-corrected chi connectivity index (χ3v) is 7.86. The second kappa shape index (κ2) is 10.7. The predicted molar refractivity (Wildman–Crippen MR) is 134 cm³/mol. The van der Waals surface area contributed by atoms with Crippen LogP contribution in [-0.4, -0.2) is 48.5 Å². The largest absolute Gasteiger partial charge is 0.354 e. The first-order valence-corrected chi connectivity index (χ1v) is 13.0. The Bertz CT molecular complexity index is 1380. The molecule has 8 nitrogen and oxygen atoms in total. The van der Waals surface area contributed by atoms with E-state index in [2.05, 4.69) is 5.32 Å². The van der Waals surface area contributed by atoms with E-state index in [-0.39, 0.29) is 10.5 Å². The van der Waals surface area contributed by atoms with Crippen molar-refractivity contribution in [2.45, 2.75) is 30.6 Å². The Hall–Kier alpha value is -3.74. The molecule has 1 amide bonds. The van der Waals surface area contributed by atoms with Crippen molar-refractivity contribution >= 4 is 22.0 Å². The summed E-state index contributed by atoms with van der Waals surface area (Å²) in [5.41, 5.74) is 2.29. The molecule has 0 unspecified atom stereocenters. The van der Waals surface area contributed by atoms with Crippen molar-refractivity contribution in [2.24, 2.45) is 0 Å². The minimum Gasteiger partial charge on any atom is -0.354 e. The number of carbonyl (C=O) groups excluding carboxylic acids is 1. The van der Waals surface area contributed by atoms with Gasteiger partial charge < -0.3 is 5.32 Å². The van der Waals surface area contributed by atoms with Crippen LogP contribution in [0, 0.1) is 11.3 Å². The third kappa shape index (κ3) is 5.34. The Morgan fingerprint density at radius 2 is 1.77 bits per heavy atom. The number of likely N-dealkylation sites (N-methyl/N-ethyl adjacent to an activating group) is 1. The molecular weight excluding hydrogens is 462 g/mol. The lowest BCUT2D eigenvalue weighted by atomic mass is 10.1. The molecule has 2 aromatic carbocycles. The smallest absolute Gasteiger partial charge is 0.261 e. The molecule has 0 spiro atoms. The SMILES string of the molecule is CNC(=O)/C(C#N)=C\c1cn(-c2ccccc2)nc1-c1cccc(S(=O)(=O)N2CCCCCC2)c1.